The Balaban J connectivity index is 2.04. The maximum atomic E-state index is 12.4. The van der Waals surface area contributed by atoms with Crippen molar-refractivity contribution < 1.29 is 13.2 Å². The molecule has 1 fully saturated rings. The number of rotatable bonds is 3. The van der Waals surface area contributed by atoms with Gasteiger partial charge < -0.3 is 4.90 Å². The van der Waals surface area contributed by atoms with Crippen LogP contribution in [0.4, 0.5) is 0 Å². The summed E-state index contributed by atoms with van der Waals surface area (Å²) in [6.45, 7) is 0.800. The van der Waals surface area contributed by atoms with Crippen LogP contribution < -0.4 is 0 Å². The molecule has 1 saturated heterocycles. The fourth-order valence-electron chi connectivity index (χ4n) is 2.40. The molecular formula is C14H16N2O3S. The molecule has 1 heterocycles. The van der Waals surface area contributed by atoms with Gasteiger partial charge in [-0.25, -0.2) is 8.42 Å². The van der Waals surface area contributed by atoms with Crippen LogP contribution in [0.1, 0.15) is 19.3 Å². The van der Waals surface area contributed by atoms with E-state index in [2.05, 4.69) is 0 Å². The lowest BCUT2D eigenvalue weighted by molar-refractivity contribution is -0.130. The van der Waals surface area contributed by atoms with Gasteiger partial charge in [-0.2, -0.15) is 5.26 Å². The van der Waals surface area contributed by atoms with Gasteiger partial charge >= 0.3 is 0 Å². The molecule has 0 spiro atoms. The van der Waals surface area contributed by atoms with E-state index in [0.717, 1.165) is 0 Å². The minimum Gasteiger partial charge on any atom is -0.342 e. The number of carbonyl (C=O) groups excluding carboxylic acids is 1. The highest BCUT2D eigenvalue weighted by Crippen LogP contribution is 2.24. The van der Waals surface area contributed by atoms with Crippen LogP contribution in [0, 0.1) is 11.3 Å². The first-order chi connectivity index (χ1) is 9.55. The van der Waals surface area contributed by atoms with Crippen molar-refractivity contribution >= 4 is 15.7 Å². The standard InChI is InChI=1S/C14H16N2O3S/c15-9-6-14(17)16-10-7-13(8-11-16)20(18,19)12-4-2-1-3-5-12/h1-5,13H,6-8,10-11H2. The van der Waals surface area contributed by atoms with Crippen LogP contribution in [0.3, 0.4) is 0 Å². The predicted molar refractivity (Wildman–Crippen MR) is 73.5 cm³/mol. The van der Waals surface area contributed by atoms with Crippen LogP contribution in [0.15, 0.2) is 35.2 Å². The molecule has 106 valence electrons. The van der Waals surface area contributed by atoms with Gasteiger partial charge in [0.15, 0.2) is 9.84 Å². The van der Waals surface area contributed by atoms with E-state index in [-0.39, 0.29) is 12.3 Å². The van der Waals surface area contributed by atoms with Crippen molar-refractivity contribution in [2.75, 3.05) is 13.1 Å². The van der Waals surface area contributed by atoms with Gasteiger partial charge in [-0.3, -0.25) is 4.79 Å². The molecule has 0 aliphatic carbocycles. The fourth-order valence-corrected chi connectivity index (χ4v) is 4.15. The molecule has 0 radical (unpaired) electrons. The number of carbonyl (C=O) groups is 1. The highest BCUT2D eigenvalue weighted by Gasteiger charge is 2.32. The van der Waals surface area contributed by atoms with Crippen LogP contribution in [0.2, 0.25) is 0 Å². The Kier molecular flexibility index (Phi) is 4.40. The van der Waals surface area contributed by atoms with E-state index in [0.29, 0.717) is 30.8 Å². The summed E-state index contributed by atoms with van der Waals surface area (Å²) >= 11 is 0. The van der Waals surface area contributed by atoms with E-state index in [1.165, 1.54) is 0 Å². The van der Waals surface area contributed by atoms with Crippen LogP contribution in [-0.2, 0) is 14.6 Å². The van der Waals surface area contributed by atoms with Crippen molar-refractivity contribution in [3.05, 3.63) is 30.3 Å². The maximum Gasteiger partial charge on any atom is 0.236 e. The Labute approximate surface area is 118 Å². The lowest BCUT2D eigenvalue weighted by Crippen LogP contribution is -2.42. The summed E-state index contributed by atoms with van der Waals surface area (Å²) in [5.41, 5.74) is 0. The SMILES string of the molecule is N#CCC(=O)N1CCC(S(=O)(=O)c2ccccc2)CC1. The van der Waals surface area contributed by atoms with E-state index in [4.69, 9.17) is 5.26 Å². The maximum absolute atomic E-state index is 12.4. The quantitative estimate of drug-likeness (QED) is 0.842. The molecular weight excluding hydrogens is 276 g/mol. The van der Waals surface area contributed by atoms with Crippen molar-refractivity contribution in [1.29, 1.82) is 5.26 Å². The average molecular weight is 292 g/mol. The molecule has 0 N–H and O–H groups in total. The first kappa shape index (κ1) is 14.5. The Morgan fingerprint density at radius 1 is 1.25 bits per heavy atom. The van der Waals surface area contributed by atoms with E-state index >= 15 is 0 Å². The number of likely N-dealkylation sites (tertiary alicyclic amines) is 1. The smallest absolute Gasteiger partial charge is 0.236 e. The summed E-state index contributed by atoms with van der Waals surface area (Å²) in [6.07, 6.45) is 0.707. The van der Waals surface area contributed by atoms with Gasteiger partial charge in [0.05, 0.1) is 16.2 Å². The van der Waals surface area contributed by atoms with Crippen molar-refractivity contribution in [1.82, 2.24) is 4.90 Å². The number of sulfone groups is 1. The summed E-state index contributed by atoms with van der Waals surface area (Å²) in [4.78, 5) is 13.5. The second-order valence-corrected chi connectivity index (χ2v) is 7.00. The van der Waals surface area contributed by atoms with Gasteiger partial charge in [-0.05, 0) is 25.0 Å². The average Bonchev–Trinajstić information content (AvgIpc) is 2.48. The Morgan fingerprint density at radius 2 is 1.85 bits per heavy atom. The highest BCUT2D eigenvalue weighted by atomic mass is 32.2. The van der Waals surface area contributed by atoms with Gasteiger partial charge in [-0.15, -0.1) is 0 Å². The van der Waals surface area contributed by atoms with Crippen LogP contribution in [0.5, 0.6) is 0 Å². The Hall–Kier alpha value is -1.87. The molecule has 0 atom stereocenters. The van der Waals surface area contributed by atoms with Crippen LogP contribution in [0.25, 0.3) is 0 Å². The predicted octanol–water partition coefficient (Wildman–Crippen LogP) is 1.36. The molecule has 0 aromatic heterocycles. The Morgan fingerprint density at radius 3 is 2.40 bits per heavy atom. The summed E-state index contributed by atoms with van der Waals surface area (Å²) in [7, 11) is -3.33. The number of benzene rings is 1. The molecule has 1 aliphatic heterocycles. The number of piperidine rings is 1. The topological polar surface area (TPSA) is 78.2 Å². The molecule has 6 heteroatoms. The first-order valence-electron chi connectivity index (χ1n) is 6.49. The molecule has 0 unspecified atom stereocenters. The lowest BCUT2D eigenvalue weighted by Gasteiger charge is -2.31. The van der Waals surface area contributed by atoms with E-state index in [1.807, 2.05) is 6.07 Å². The van der Waals surface area contributed by atoms with Gasteiger partial charge in [0.2, 0.25) is 5.91 Å². The second kappa shape index (κ2) is 6.06. The summed E-state index contributed by atoms with van der Waals surface area (Å²) in [5.74, 6) is -0.219. The largest absolute Gasteiger partial charge is 0.342 e. The Bertz CT molecular complexity index is 612. The number of nitrogens with zero attached hydrogens (tertiary/aromatic N) is 2. The van der Waals surface area contributed by atoms with Crippen LogP contribution >= 0.6 is 0 Å². The molecule has 1 aromatic rings. The summed E-state index contributed by atoms with van der Waals surface area (Å²) in [5, 5.41) is 8.06. The number of hydrogen-bond donors (Lipinski definition) is 0. The highest BCUT2D eigenvalue weighted by molar-refractivity contribution is 7.92. The first-order valence-corrected chi connectivity index (χ1v) is 8.04. The van der Waals surface area contributed by atoms with E-state index in [1.54, 1.807) is 35.2 Å². The van der Waals surface area contributed by atoms with Crippen molar-refractivity contribution in [2.45, 2.75) is 29.4 Å². The fraction of sp³-hybridized carbons (Fsp3) is 0.429. The molecule has 1 aliphatic rings. The molecule has 1 amide bonds. The van der Waals surface area contributed by atoms with Gasteiger partial charge in [-0.1, -0.05) is 18.2 Å². The second-order valence-electron chi connectivity index (χ2n) is 4.77. The van der Waals surface area contributed by atoms with E-state index < -0.39 is 15.1 Å². The third-order valence-corrected chi connectivity index (χ3v) is 5.81. The van der Waals surface area contributed by atoms with Gasteiger partial charge in [0, 0.05) is 13.1 Å². The molecule has 20 heavy (non-hydrogen) atoms. The zero-order valence-electron chi connectivity index (χ0n) is 11.0. The zero-order valence-corrected chi connectivity index (χ0v) is 11.8. The molecule has 5 nitrogen and oxygen atoms in total. The third-order valence-electron chi connectivity index (χ3n) is 3.54. The van der Waals surface area contributed by atoms with Crippen molar-refractivity contribution in [3.63, 3.8) is 0 Å². The van der Waals surface area contributed by atoms with Gasteiger partial charge in [0.25, 0.3) is 0 Å². The minimum absolute atomic E-state index is 0.143. The van der Waals surface area contributed by atoms with Crippen LogP contribution in [-0.4, -0.2) is 37.6 Å². The molecule has 2 rings (SSSR count). The van der Waals surface area contributed by atoms with Crippen molar-refractivity contribution in [3.8, 4) is 6.07 Å². The molecule has 0 bridgehead atoms. The van der Waals surface area contributed by atoms with Gasteiger partial charge in [0.1, 0.15) is 6.42 Å². The zero-order chi connectivity index (χ0) is 14.6. The lowest BCUT2D eigenvalue weighted by atomic mass is 10.1. The molecule has 0 saturated carbocycles. The summed E-state index contributed by atoms with van der Waals surface area (Å²) < 4.78 is 24.9. The minimum atomic E-state index is -3.33. The summed E-state index contributed by atoms with van der Waals surface area (Å²) in [6, 6.07) is 10.2. The van der Waals surface area contributed by atoms with E-state index in [9.17, 15) is 13.2 Å². The number of nitriles is 1. The van der Waals surface area contributed by atoms with Crippen molar-refractivity contribution in [2.24, 2.45) is 0 Å². The third kappa shape index (κ3) is 2.99. The number of hydrogen-bond acceptors (Lipinski definition) is 4. The number of amides is 1. The monoisotopic (exact) mass is 292 g/mol. The molecule has 1 aromatic carbocycles. The normalized spacial score (nSPS) is 16.6.